The Labute approximate surface area is 117 Å². The predicted octanol–water partition coefficient (Wildman–Crippen LogP) is 2.11. The first-order chi connectivity index (χ1) is 8.43. The molecule has 2 rings (SSSR count). The highest BCUT2D eigenvalue weighted by atomic mass is 79.9. The van der Waals surface area contributed by atoms with Gasteiger partial charge in [0.05, 0.1) is 0 Å². The Morgan fingerprint density at radius 2 is 2.00 bits per heavy atom. The van der Waals surface area contributed by atoms with E-state index in [2.05, 4.69) is 27.3 Å². The van der Waals surface area contributed by atoms with Crippen molar-refractivity contribution in [1.82, 2.24) is 5.32 Å². The third-order valence-corrected chi connectivity index (χ3v) is 5.26. The third-order valence-electron chi connectivity index (χ3n) is 3.54. The molecule has 0 aromatic heterocycles. The van der Waals surface area contributed by atoms with Gasteiger partial charge >= 0.3 is 0 Å². The predicted molar refractivity (Wildman–Crippen MR) is 77.6 cm³/mol. The lowest BCUT2D eigenvalue weighted by molar-refractivity contribution is 0.255. The van der Waals surface area contributed by atoms with Gasteiger partial charge in [0.2, 0.25) is 0 Å². The van der Waals surface area contributed by atoms with Crippen LogP contribution in [-0.2, 0) is 15.3 Å². The quantitative estimate of drug-likeness (QED) is 0.898. The van der Waals surface area contributed by atoms with Gasteiger partial charge in [-0.25, -0.2) is 8.42 Å². The van der Waals surface area contributed by atoms with Crippen molar-refractivity contribution in [2.75, 3.05) is 25.1 Å². The zero-order valence-electron chi connectivity index (χ0n) is 10.4. The molecule has 0 saturated carbocycles. The van der Waals surface area contributed by atoms with E-state index in [1.54, 1.807) is 0 Å². The van der Waals surface area contributed by atoms with Crippen LogP contribution in [0.5, 0.6) is 0 Å². The monoisotopic (exact) mass is 331 g/mol. The van der Waals surface area contributed by atoms with Gasteiger partial charge in [-0.3, -0.25) is 0 Å². The highest BCUT2D eigenvalue weighted by Gasteiger charge is 2.39. The number of hydrogen-bond acceptors (Lipinski definition) is 3. The second kappa shape index (κ2) is 5.31. The minimum atomic E-state index is -2.86. The van der Waals surface area contributed by atoms with E-state index in [4.69, 9.17) is 0 Å². The summed E-state index contributed by atoms with van der Waals surface area (Å²) in [6.07, 6.45) is 2.94. The first kappa shape index (κ1) is 14.0. The molecule has 0 radical (unpaired) electrons. The Balaban J connectivity index is 2.10. The van der Waals surface area contributed by atoms with Crippen molar-refractivity contribution in [3.8, 4) is 0 Å². The smallest absolute Gasteiger partial charge is 0.147 e. The summed E-state index contributed by atoms with van der Waals surface area (Å²) in [6.45, 7) is 1.86. The van der Waals surface area contributed by atoms with Gasteiger partial charge in [0.1, 0.15) is 9.84 Å². The molecule has 18 heavy (non-hydrogen) atoms. The largest absolute Gasteiger partial charge is 0.315 e. The minimum Gasteiger partial charge on any atom is -0.315 e. The van der Waals surface area contributed by atoms with E-state index in [9.17, 15) is 8.42 Å². The van der Waals surface area contributed by atoms with Crippen LogP contribution in [0.3, 0.4) is 0 Å². The van der Waals surface area contributed by atoms with Gasteiger partial charge in [-0.1, -0.05) is 34.1 Å². The molecule has 0 amide bonds. The van der Waals surface area contributed by atoms with Crippen molar-refractivity contribution in [3.63, 3.8) is 0 Å². The first-order valence-corrected chi connectivity index (χ1v) is 8.92. The zero-order valence-corrected chi connectivity index (χ0v) is 12.9. The van der Waals surface area contributed by atoms with E-state index in [-0.39, 0.29) is 11.2 Å². The van der Waals surface area contributed by atoms with Crippen molar-refractivity contribution in [2.45, 2.75) is 18.3 Å². The van der Waals surface area contributed by atoms with Gasteiger partial charge in [0, 0.05) is 35.0 Å². The van der Waals surface area contributed by atoms with Crippen LogP contribution >= 0.6 is 15.9 Å². The summed E-state index contributed by atoms with van der Waals surface area (Å²) in [7, 11) is -2.86. The van der Waals surface area contributed by atoms with Gasteiger partial charge in [-0.05, 0) is 24.5 Å². The maximum atomic E-state index is 11.2. The summed E-state index contributed by atoms with van der Waals surface area (Å²) in [5, 5.41) is 3.31. The number of benzene rings is 1. The molecule has 1 aromatic carbocycles. The van der Waals surface area contributed by atoms with Crippen LogP contribution < -0.4 is 5.32 Å². The molecule has 1 N–H and O–H groups in total. The van der Waals surface area contributed by atoms with E-state index < -0.39 is 9.84 Å². The fraction of sp³-hybridized carbons (Fsp3) is 0.538. The summed E-state index contributed by atoms with van der Waals surface area (Å²) in [5.41, 5.74) is 1.39. The van der Waals surface area contributed by atoms with E-state index in [1.165, 1.54) is 11.8 Å². The Hall–Kier alpha value is -0.390. The van der Waals surface area contributed by atoms with E-state index in [0.717, 1.165) is 30.4 Å². The van der Waals surface area contributed by atoms with Crippen LogP contribution in [0.2, 0.25) is 0 Å². The molecule has 1 aromatic rings. The zero-order chi connectivity index (χ0) is 13.2. The molecular formula is C13H18BrNO2S. The molecule has 0 bridgehead atoms. The van der Waals surface area contributed by atoms with E-state index >= 15 is 0 Å². The highest BCUT2D eigenvalue weighted by molar-refractivity contribution is 9.10. The van der Waals surface area contributed by atoms with Crippen LogP contribution in [0.4, 0.5) is 0 Å². The fourth-order valence-electron chi connectivity index (χ4n) is 2.49. The third kappa shape index (κ3) is 3.13. The number of nitrogens with one attached hydrogen (secondary N) is 1. The van der Waals surface area contributed by atoms with Crippen LogP contribution in [0.1, 0.15) is 18.4 Å². The number of hydrogen-bond donors (Lipinski definition) is 1. The molecule has 0 spiro atoms. The lowest BCUT2D eigenvalue weighted by Gasteiger charge is -2.44. The average molecular weight is 332 g/mol. The van der Waals surface area contributed by atoms with Gasteiger partial charge < -0.3 is 5.32 Å². The van der Waals surface area contributed by atoms with Crippen molar-refractivity contribution >= 4 is 25.8 Å². The normalized spacial score (nSPS) is 18.3. The second-order valence-electron chi connectivity index (χ2n) is 5.10. The summed E-state index contributed by atoms with van der Waals surface area (Å²) in [4.78, 5) is 0. The Morgan fingerprint density at radius 1 is 1.33 bits per heavy atom. The average Bonchev–Trinajstić information content (AvgIpc) is 2.22. The Morgan fingerprint density at radius 3 is 2.50 bits per heavy atom. The molecule has 0 unspecified atom stereocenters. The van der Waals surface area contributed by atoms with Gasteiger partial charge in [-0.2, -0.15) is 0 Å². The molecule has 1 aliphatic heterocycles. The summed E-state index contributed by atoms with van der Waals surface area (Å²) in [6, 6.07) is 8.22. The highest BCUT2D eigenvalue weighted by Crippen LogP contribution is 2.37. The maximum absolute atomic E-state index is 11.2. The van der Waals surface area contributed by atoms with Crippen molar-refractivity contribution < 1.29 is 8.42 Å². The van der Waals surface area contributed by atoms with Crippen LogP contribution in [-0.4, -0.2) is 33.5 Å². The molecule has 0 atom stereocenters. The molecule has 3 nitrogen and oxygen atoms in total. The maximum Gasteiger partial charge on any atom is 0.147 e. The van der Waals surface area contributed by atoms with Crippen LogP contribution in [0.15, 0.2) is 28.7 Å². The first-order valence-electron chi connectivity index (χ1n) is 6.06. The van der Waals surface area contributed by atoms with Crippen molar-refractivity contribution in [2.24, 2.45) is 0 Å². The number of halogens is 1. The van der Waals surface area contributed by atoms with Gasteiger partial charge in [0.25, 0.3) is 0 Å². The molecule has 1 aliphatic rings. The van der Waals surface area contributed by atoms with E-state index in [0.29, 0.717) is 0 Å². The van der Waals surface area contributed by atoms with E-state index in [1.807, 2.05) is 18.2 Å². The van der Waals surface area contributed by atoms with Crippen molar-refractivity contribution in [1.29, 1.82) is 0 Å². The molecule has 0 aliphatic carbocycles. The standard InChI is InChI=1S/C13H18BrNO2S/c1-18(16,17)8-4-7-13(9-15-10-13)11-5-2-3-6-12(11)14/h2-3,5-6,15H,4,7-10H2,1H3. The molecule has 5 heteroatoms. The van der Waals surface area contributed by atoms with Crippen LogP contribution in [0.25, 0.3) is 0 Å². The fourth-order valence-corrected chi connectivity index (χ4v) is 3.87. The molecule has 100 valence electrons. The molecule has 1 fully saturated rings. The summed E-state index contributed by atoms with van der Waals surface area (Å²) < 4.78 is 23.5. The lowest BCUT2D eigenvalue weighted by Crippen LogP contribution is -2.57. The molecular weight excluding hydrogens is 314 g/mol. The summed E-state index contributed by atoms with van der Waals surface area (Å²) in [5.74, 6) is 0.277. The number of sulfone groups is 1. The SMILES string of the molecule is CS(=O)(=O)CCCC1(c2ccccc2Br)CNC1. The van der Waals surface area contributed by atoms with Crippen LogP contribution in [0, 0.1) is 0 Å². The summed E-state index contributed by atoms with van der Waals surface area (Å²) >= 11 is 3.59. The Bertz CT molecular complexity index is 524. The minimum absolute atomic E-state index is 0.102. The van der Waals surface area contributed by atoms with Crippen molar-refractivity contribution in [3.05, 3.63) is 34.3 Å². The lowest BCUT2D eigenvalue weighted by atomic mass is 9.72. The van der Waals surface area contributed by atoms with Gasteiger partial charge in [-0.15, -0.1) is 0 Å². The van der Waals surface area contributed by atoms with Gasteiger partial charge in [0.15, 0.2) is 0 Å². The topological polar surface area (TPSA) is 46.2 Å². The molecule has 1 heterocycles. The molecule has 1 saturated heterocycles. The Kier molecular flexibility index (Phi) is 4.14. The second-order valence-corrected chi connectivity index (χ2v) is 8.21. The number of rotatable bonds is 5.